The van der Waals surface area contributed by atoms with E-state index in [9.17, 15) is 13.5 Å². The molecule has 2 atom stereocenters. The molecule has 0 spiro atoms. The molecule has 1 aromatic rings. The zero-order valence-electron chi connectivity index (χ0n) is 11.8. The second-order valence-electron chi connectivity index (χ2n) is 4.98. The van der Waals surface area contributed by atoms with E-state index in [4.69, 9.17) is 0 Å². The van der Waals surface area contributed by atoms with Crippen LogP contribution in [0, 0.1) is 6.92 Å². The zero-order valence-corrected chi connectivity index (χ0v) is 14.2. The SMILES string of the molecule is CCSC1CCCC1NS(=O)(=O)c1cc(C)c(CO)s1. The fourth-order valence-corrected chi connectivity index (χ4v) is 6.57. The molecular formula is C13H21NO3S3. The molecule has 0 amide bonds. The van der Waals surface area contributed by atoms with Gasteiger partial charge in [-0.15, -0.1) is 11.3 Å². The molecule has 0 bridgehead atoms. The first kappa shape index (κ1) is 16.3. The van der Waals surface area contributed by atoms with Crippen LogP contribution < -0.4 is 4.72 Å². The predicted molar refractivity (Wildman–Crippen MR) is 84.9 cm³/mol. The number of thiophene rings is 1. The standard InChI is InChI=1S/C13H21NO3S3/c1-3-18-11-6-4-5-10(11)14-20(16,17)13-7-9(2)12(8-15)19-13/h7,10-11,14-15H,3-6,8H2,1-2H3. The first-order chi connectivity index (χ1) is 9.47. The lowest BCUT2D eigenvalue weighted by Crippen LogP contribution is -2.38. The number of aliphatic hydroxyl groups is 1. The van der Waals surface area contributed by atoms with Crippen LogP contribution in [0.25, 0.3) is 0 Å². The third-order valence-corrected chi connectivity index (χ3v) is 8.06. The summed E-state index contributed by atoms with van der Waals surface area (Å²) < 4.78 is 28.0. The lowest BCUT2D eigenvalue weighted by Gasteiger charge is -2.19. The van der Waals surface area contributed by atoms with Crippen LogP contribution in [0.2, 0.25) is 0 Å². The maximum atomic E-state index is 12.4. The van der Waals surface area contributed by atoms with E-state index in [0.717, 1.165) is 46.8 Å². The van der Waals surface area contributed by atoms with Gasteiger partial charge in [-0.25, -0.2) is 13.1 Å². The van der Waals surface area contributed by atoms with E-state index in [1.165, 1.54) is 0 Å². The van der Waals surface area contributed by atoms with E-state index in [1.54, 1.807) is 6.07 Å². The molecule has 7 heteroatoms. The Balaban J connectivity index is 2.14. The van der Waals surface area contributed by atoms with Crippen molar-refractivity contribution in [2.24, 2.45) is 0 Å². The van der Waals surface area contributed by atoms with Crippen molar-refractivity contribution in [1.82, 2.24) is 4.72 Å². The maximum Gasteiger partial charge on any atom is 0.250 e. The van der Waals surface area contributed by atoms with Crippen molar-refractivity contribution >= 4 is 33.1 Å². The van der Waals surface area contributed by atoms with Crippen molar-refractivity contribution in [1.29, 1.82) is 0 Å². The Morgan fingerprint density at radius 3 is 2.85 bits per heavy atom. The van der Waals surface area contributed by atoms with Gasteiger partial charge in [0.25, 0.3) is 0 Å². The second-order valence-corrected chi connectivity index (χ2v) is 9.58. The number of hydrogen-bond donors (Lipinski definition) is 2. The lowest BCUT2D eigenvalue weighted by atomic mass is 10.3. The van der Waals surface area contributed by atoms with Crippen molar-refractivity contribution in [3.05, 3.63) is 16.5 Å². The van der Waals surface area contributed by atoms with Crippen molar-refractivity contribution in [2.45, 2.75) is 55.2 Å². The minimum Gasteiger partial charge on any atom is -0.391 e. The summed E-state index contributed by atoms with van der Waals surface area (Å²) in [6.07, 6.45) is 3.07. The normalized spacial score (nSPS) is 23.4. The Bertz CT molecular complexity index is 553. The third-order valence-electron chi connectivity index (χ3n) is 3.55. The highest BCUT2D eigenvalue weighted by Crippen LogP contribution is 2.32. The summed E-state index contributed by atoms with van der Waals surface area (Å²) in [5.74, 6) is 1.01. The van der Waals surface area contributed by atoms with Gasteiger partial charge in [-0.2, -0.15) is 11.8 Å². The van der Waals surface area contributed by atoms with Gasteiger partial charge in [-0.05, 0) is 37.1 Å². The summed E-state index contributed by atoms with van der Waals surface area (Å²) in [5, 5.41) is 9.57. The van der Waals surface area contributed by atoms with Gasteiger partial charge in [-0.3, -0.25) is 0 Å². The molecule has 0 saturated heterocycles. The van der Waals surface area contributed by atoms with Crippen molar-refractivity contribution in [2.75, 3.05) is 5.75 Å². The molecule has 2 N–H and O–H groups in total. The molecule has 0 radical (unpaired) electrons. The summed E-state index contributed by atoms with van der Waals surface area (Å²) in [6, 6.07) is 1.68. The van der Waals surface area contributed by atoms with E-state index < -0.39 is 10.0 Å². The smallest absolute Gasteiger partial charge is 0.250 e. The average Bonchev–Trinajstić information content (AvgIpc) is 2.97. The van der Waals surface area contributed by atoms with E-state index in [2.05, 4.69) is 11.6 Å². The van der Waals surface area contributed by atoms with Gasteiger partial charge in [0.05, 0.1) is 6.61 Å². The number of hydrogen-bond acceptors (Lipinski definition) is 5. The summed E-state index contributed by atoms with van der Waals surface area (Å²) in [4.78, 5) is 0.719. The van der Waals surface area contributed by atoms with Crippen LogP contribution in [0.5, 0.6) is 0 Å². The van der Waals surface area contributed by atoms with E-state index in [0.29, 0.717) is 9.46 Å². The van der Waals surface area contributed by atoms with Crippen LogP contribution in [0.4, 0.5) is 0 Å². The molecule has 2 unspecified atom stereocenters. The molecule has 20 heavy (non-hydrogen) atoms. The van der Waals surface area contributed by atoms with E-state index in [-0.39, 0.29) is 12.6 Å². The van der Waals surface area contributed by atoms with Gasteiger partial charge in [0.15, 0.2) is 0 Å². The summed E-state index contributed by atoms with van der Waals surface area (Å²) in [5.41, 5.74) is 0.837. The van der Waals surface area contributed by atoms with Gasteiger partial charge in [0.2, 0.25) is 10.0 Å². The highest BCUT2D eigenvalue weighted by atomic mass is 32.2. The molecule has 1 fully saturated rings. The van der Waals surface area contributed by atoms with Crippen LogP contribution >= 0.6 is 23.1 Å². The van der Waals surface area contributed by atoms with Crippen molar-refractivity contribution < 1.29 is 13.5 Å². The second kappa shape index (κ2) is 6.79. The number of rotatable bonds is 6. The quantitative estimate of drug-likeness (QED) is 0.838. The van der Waals surface area contributed by atoms with Crippen molar-refractivity contribution in [3.8, 4) is 0 Å². The van der Waals surface area contributed by atoms with E-state index in [1.807, 2.05) is 18.7 Å². The van der Waals surface area contributed by atoms with Crippen LogP contribution in [-0.2, 0) is 16.6 Å². The molecule has 0 aliphatic heterocycles. The highest BCUT2D eigenvalue weighted by Gasteiger charge is 2.32. The molecule has 2 rings (SSSR count). The molecule has 114 valence electrons. The highest BCUT2D eigenvalue weighted by molar-refractivity contribution is 8.00. The fraction of sp³-hybridized carbons (Fsp3) is 0.692. The van der Waals surface area contributed by atoms with Gasteiger partial charge in [0.1, 0.15) is 4.21 Å². The minimum atomic E-state index is -3.46. The van der Waals surface area contributed by atoms with Gasteiger partial charge >= 0.3 is 0 Å². The molecule has 1 aliphatic carbocycles. The largest absolute Gasteiger partial charge is 0.391 e. The minimum absolute atomic E-state index is 0.0323. The Hall–Kier alpha value is -0.0800. The number of sulfonamides is 1. The third kappa shape index (κ3) is 3.57. The Labute approximate surface area is 129 Å². The van der Waals surface area contributed by atoms with Gasteiger partial charge in [0, 0.05) is 16.2 Å². The molecule has 1 aromatic heterocycles. The zero-order chi connectivity index (χ0) is 14.8. The average molecular weight is 336 g/mol. The monoisotopic (exact) mass is 335 g/mol. The van der Waals surface area contributed by atoms with Crippen molar-refractivity contribution in [3.63, 3.8) is 0 Å². The lowest BCUT2D eigenvalue weighted by molar-refractivity contribution is 0.285. The summed E-state index contributed by atoms with van der Waals surface area (Å²) >= 11 is 2.99. The number of nitrogens with one attached hydrogen (secondary N) is 1. The molecule has 4 nitrogen and oxygen atoms in total. The van der Waals surface area contributed by atoms with Crippen LogP contribution in [-0.4, -0.2) is 30.6 Å². The Kier molecular flexibility index (Phi) is 5.53. The molecule has 0 aromatic carbocycles. The Morgan fingerprint density at radius 2 is 2.25 bits per heavy atom. The maximum absolute atomic E-state index is 12.4. The fourth-order valence-electron chi connectivity index (χ4n) is 2.51. The first-order valence-corrected chi connectivity index (χ1v) is 10.2. The summed E-state index contributed by atoms with van der Waals surface area (Å²) in [7, 11) is -3.46. The first-order valence-electron chi connectivity index (χ1n) is 6.82. The molecular weight excluding hydrogens is 314 g/mol. The molecule has 1 heterocycles. The predicted octanol–water partition coefficient (Wildman–Crippen LogP) is 2.50. The molecule has 1 aliphatic rings. The van der Waals surface area contributed by atoms with Crippen LogP contribution in [0.15, 0.2) is 10.3 Å². The Morgan fingerprint density at radius 1 is 1.50 bits per heavy atom. The van der Waals surface area contributed by atoms with E-state index >= 15 is 0 Å². The topological polar surface area (TPSA) is 66.4 Å². The van der Waals surface area contributed by atoms with Gasteiger partial charge in [-0.1, -0.05) is 13.3 Å². The van der Waals surface area contributed by atoms with Crippen LogP contribution in [0.1, 0.15) is 36.6 Å². The number of aliphatic hydroxyl groups excluding tert-OH is 1. The molecule has 1 saturated carbocycles. The number of thioether (sulfide) groups is 1. The number of aryl methyl sites for hydroxylation is 1. The summed E-state index contributed by atoms with van der Waals surface area (Å²) in [6.45, 7) is 3.82. The van der Waals surface area contributed by atoms with Crippen LogP contribution in [0.3, 0.4) is 0 Å². The van der Waals surface area contributed by atoms with Gasteiger partial charge < -0.3 is 5.11 Å².